The van der Waals surface area contributed by atoms with Crippen molar-refractivity contribution in [3.8, 4) is 0 Å². The number of aliphatic hydroxyl groups is 2. The van der Waals surface area contributed by atoms with Crippen molar-refractivity contribution in [2.24, 2.45) is 0 Å². The van der Waals surface area contributed by atoms with Crippen LogP contribution in [-0.2, 0) is 32.7 Å². The van der Waals surface area contributed by atoms with Crippen LogP contribution in [0.2, 0.25) is 10.0 Å². The summed E-state index contributed by atoms with van der Waals surface area (Å²) in [5.41, 5.74) is -0.0240. The van der Waals surface area contributed by atoms with Crippen LogP contribution in [0, 0.1) is 17.5 Å². The third-order valence-electron chi connectivity index (χ3n) is 9.26. The molecular formula is C39H39Cl2F8N4NaO8S4. The molecule has 358 valence electrons. The van der Waals surface area contributed by atoms with E-state index in [1.165, 1.54) is 30.3 Å². The average molecular weight is 1070 g/mol. The second-order valence-corrected chi connectivity index (χ2v) is 19.0. The van der Waals surface area contributed by atoms with E-state index in [9.17, 15) is 71.8 Å². The van der Waals surface area contributed by atoms with E-state index in [-0.39, 0.29) is 78.4 Å². The molecule has 2 saturated heterocycles. The van der Waals surface area contributed by atoms with Crippen molar-refractivity contribution in [3.05, 3.63) is 111 Å². The standard InChI is InChI=1S/C19H18ClF3N2O4S2.C18H15ClF4N2O4S.CH3F.CH4S.Na/c1-30-15-5-2-11(18(27)24-12-3-4-14(21)13(20)9-12)8-16(15)31(28,29)25-7-6-17(26)19(22,23)10-25;19-12-8-11(2-4-13(12)20)24-17(27)10-1-3-14(21)15(7-10)30(28,29)25-6-5-16(26)18(22,23)9-25;2*1-2;/h2-5,8-9,17,26H,6-7,10H2,1H3,(H,24,27);1-4,7-8,16,26H,5-6,9H2,(H,24,27);1H3;2H,1H3;/q;;;;+1/p-1/i;;1D;;. The Bertz CT molecular complexity index is 2600. The summed E-state index contributed by atoms with van der Waals surface area (Å²) in [6, 6.07) is 13.2. The fourth-order valence-electron chi connectivity index (χ4n) is 5.90. The van der Waals surface area contributed by atoms with E-state index in [1.54, 1.807) is 12.5 Å². The molecule has 27 heteroatoms. The summed E-state index contributed by atoms with van der Waals surface area (Å²) in [5.74, 6) is -11.4. The maximum atomic E-state index is 14.2. The van der Waals surface area contributed by atoms with Crippen LogP contribution in [0.3, 0.4) is 0 Å². The van der Waals surface area contributed by atoms with E-state index < -0.39 is 118 Å². The van der Waals surface area contributed by atoms with Crippen molar-refractivity contribution in [2.45, 2.75) is 51.6 Å². The number of alkyl halides is 5. The molecule has 0 aliphatic carbocycles. The largest absolute Gasteiger partial charge is 1.00 e. The number of aliphatic hydroxyl groups excluding tert-OH is 2. The molecule has 0 bridgehead atoms. The summed E-state index contributed by atoms with van der Waals surface area (Å²) in [6.45, 7) is -3.20. The minimum atomic E-state index is -4.71. The predicted octanol–water partition coefficient (Wildman–Crippen LogP) is 4.86. The molecule has 0 spiro atoms. The summed E-state index contributed by atoms with van der Waals surface area (Å²) >= 11 is 16.5. The van der Waals surface area contributed by atoms with Crippen molar-refractivity contribution in [3.63, 3.8) is 0 Å². The summed E-state index contributed by atoms with van der Waals surface area (Å²) in [4.78, 5) is 24.0. The Kier molecular flexibility index (Phi) is 22.0. The summed E-state index contributed by atoms with van der Waals surface area (Å²) in [7, 11) is -10.1. The second-order valence-electron chi connectivity index (χ2n) is 13.5. The van der Waals surface area contributed by atoms with Crippen LogP contribution in [0.15, 0.2) is 87.5 Å². The zero-order valence-electron chi connectivity index (χ0n) is 35.7. The Hall–Kier alpha value is -2.72. The van der Waals surface area contributed by atoms with E-state index >= 15 is 0 Å². The van der Waals surface area contributed by atoms with Crippen LogP contribution in [0.25, 0.3) is 0 Å². The number of hydrogen-bond donors (Lipinski definition) is 4. The molecule has 4 aromatic carbocycles. The van der Waals surface area contributed by atoms with E-state index in [0.717, 1.165) is 48.2 Å². The van der Waals surface area contributed by atoms with Gasteiger partial charge in [-0.2, -0.15) is 14.9 Å². The average Bonchev–Trinajstić information content (AvgIpc) is 3.26. The van der Waals surface area contributed by atoms with Crippen molar-refractivity contribution in [1.29, 1.82) is 0 Å². The molecule has 12 nitrogen and oxygen atoms in total. The smallest absolute Gasteiger partial charge is 0.796 e. The number of halogens is 10. The number of carbonyl (C=O) groups excluding carboxylic acids is 2. The fraction of sp³-hybridized carbons (Fsp3) is 0.333. The maximum absolute atomic E-state index is 14.2. The Morgan fingerprint density at radius 2 is 1.08 bits per heavy atom. The molecule has 2 heterocycles. The molecular weight excluding hydrogens is 1030 g/mol. The number of sulfonamides is 2. The normalized spacial score (nSPS) is 18.3. The van der Waals surface area contributed by atoms with Gasteiger partial charge in [0.05, 0.1) is 36.6 Å². The SMILES string of the molecule is CSc1ccc(C(=O)Nc2ccc(F)c(Cl)c2)cc1S(=O)(=O)N1CCC(O)C(F)(F)C1.C[S-].O=C(Nc1ccc(F)c(Cl)c1)c1ccc(F)c(S(=O)(=O)N2CCC(O)C(F)(F)C2)c1.[2H]CF.[Na+]. The molecule has 2 amide bonds. The van der Waals surface area contributed by atoms with Gasteiger partial charge in [0.25, 0.3) is 23.7 Å². The molecule has 2 fully saturated rings. The Morgan fingerprint density at radius 3 is 1.45 bits per heavy atom. The van der Waals surface area contributed by atoms with Crippen LogP contribution in [0.4, 0.5) is 46.5 Å². The van der Waals surface area contributed by atoms with Gasteiger partial charge in [-0.05, 0) is 91.9 Å². The Labute approximate surface area is 418 Å². The van der Waals surface area contributed by atoms with Gasteiger partial charge in [-0.25, -0.2) is 47.6 Å². The van der Waals surface area contributed by atoms with E-state index in [1.807, 2.05) is 0 Å². The quantitative estimate of drug-likeness (QED) is 0.0786. The third kappa shape index (κ3) is 14.7. The minimum absolute atomic E-state index is 0. The number of anilines is 2. The van der Waals surface area contributed by atoms with Crippen molar-refractivity contribution in [2.75, 3.05) is 56.5 Å². The van der Waals surface area contributed by atoms with E-state index in [4.69, 9.17) is 24.6 Å². The molecule has 2 atom stereocenters. The first-order valence-corrected chi connectivity index (χ1v) is 23.8. The number of rotatable bonds is 9. The van der Waals surface area contributed by atoms with Gasteiger partial charge in [0, 0.05) is 40.5 Å². The predicted molar refractivity (Wildman–Crippen MR) is 232 cm³/mol. The van der Waals surface area contributed by atoms with Gasteiger partial charge < -0.3 is 33.5 Å². The van der Waals surface area contributed by atoms with Gasteiger partial charge in [0.2, 0.25) is 20.0 Å². The first-order valence-electron chi connectivity index (χ1n) is 18.9. The fourth-order valence-corrected chi connectivity index (χ4v) is 10.4. The van der Waals surface area contributed by atoms with Crippen molar-refractivity contribution >= 4 is 90.8 Å². The first-order chi connectivity index (χ1) is 30.8. The number of amides is 2. The Balaban J connectivity index is 0.000000414. The molecule has 2 aliphatic rings. The number of nitrogens with zero attached hydrogens (tertiary/aromatic N) is 2. The molecule has 66 heavy (non-hydrogen) atoms. The topological polar surface area (TPSA) is 173 Å². The summed E-state index contributed by atoms with van der Waals surface area (Å²) < 4.78 is 164. The van der Waals surface area contributed by atoms with Crippen LogP contribution in [-0.4, -0.2) is 117 Å². The van der Waals surface area contributed by atoms with Gasteiger partial charge in [-0.15, -0.1) is 11.8 Å². The number of hydrogen-bond acceptors (Lipinski definition) is 10. The number of carbonyl (C=O) groups is 2. The van der Waals surface area contributed by atoms with Crippen LogP contribution < -0.4 is 40.2 Å². The molecule has 0 aromatic heterocycles. The maximum Gasteiger partial charge on any atom is 1.00 e. The summed E-state index contributed by atoms with van der Waals surface area (Å²) in [5, 5.41) is 23.1. The first kappa shape index (κ1) is 57.6. The zero-order valence-corrected chi connectivity index (χ0v) is 41.5. The molecule has 0 saturated carbocycles. The Morgan fingerprint density at radius 1 is 0.712 bits per heavy atom. The second kappa shape index (κ2) is 25.2. The molecule has 6 rings (SSSR count). The molecule has 4 N–H and O–H groups in total. The van der Waals surface area contributed by atoms with Crippen molar-refractivity contribution < 1.29 is 103 Å². The summed E-state index contributed by atoms with van der Waals surface area (Å²) in [6.07, 6.45) is -1.67. The number of piperidine rings is 2. The number of benzene rings is 4. The van der Waals surface area contributed by atoms with Crippen molar-refractivity contribution in [1.82, 2.24) is 8.61 Å². The number of thioether (sulfide) groups is 1. The zero-order chi connectivity index (χ0) is 49.9. The molecule has 0 radical (unpaired) electrons. The van der Waals surface area contributed by atoms with E-state index in [2.05, 4.69) is 23.3 Å². The number of nitrogens with one attached hydrogen (secondary N) is 2. The van der Waals surface area contributed by atoms with E-state index in [0.29, 0.717) is 14.7 Å². The molecule has 2 aliphatic heterocycles. The van der Waals surface area contributed by atoms with Gasteiger partial charge in [-0.1, -0.05) is 23.2 Å². The van der Waals surface area contributed by atoms with Crippen LogP contribution >= 0.6 is 35.0 Å². The van der Waals surface area contributed by atoms with Gasteiger partial charge in [-0.3, -0.25) is 14.0 Å². The van der Waals surface area contributed by atoms with Gasteiger partial charge in [0.15, 0.2) is 0 Å². The minimum Gasteiger partial charge on any atom is -0.796 e. The van der Waals surface area contributed by atoms with Gasteiger partial charge in [0.1, 0.15) is 34.6 Å². The molecule has 2 unspecified atom stereocenters. The molecule has 4 aromatic rings. The third-order valence-corrected chi connectivity index (χ3v) is 14.5. The van der Waals surface area contributed by atoms with Crippen LogP contribution in [0.1, 0.15) is 34.9 Å². The van der Waals surface area contributed by atoms with Crippen LogP contribution in [0.5, 0.6) is 0 Å². The van der Waals surface area contributed by atoms with Gasteiger partial charge >= 0.3 is 29.6 Å². The monoisotopic (exact) mass is 1070 g/mol.